The molecule has 0 N–H and O–H groups in total. The Balaban J connectivity index is 0.00000106. The number of hydrogen-bond acceptors (Lipinski definition) is 2. The van der Waals surface area contributed by atoms with Gasteiger partial charge < -0.3 is 0 Å². The number of carbonyl (C=O) groups excluding carboxylic acids is 1. The molecule has 0 saturated heterocycles. The highest BCUT2D eigenvalue weighted by Gasteiger charge is 2.00. The molecule has 0 aliphatic carbocycles. The van der Waals surface area contributed by atoms with Crippen LogP contribution in [-0.4, -0.2) is 11.0 Å². The molecule has 0 atom stereocenters. The standard InChI is InChI=1S/C12H16OS.C2H4/c1-9(2)14-12-6-4-11(5-7-12)8-10(3)13;1-2/h4-7,9H,8H2,1-3H3;1-2H2. The van der Waals surface area contributed by atoms with Crippen LogP contribution in [0.25, 0.3) is 0 Å². The normalized spacial score (nSPS) is 9.50. The third-order valence-electron chi connectivity index (χ3n) is 1.75. The molecule has 0 heterocycles. The van der Waals surface area contributed by atoms with E-state index in [1.807, 2.05) is 23.9 Å². The van der Waals surface area contributed by atoms with E-state index in [4.69, 9.17) is 0 Å². The van der Waals surface area contributed by atoms with Gasteiger partial charge in [0.2, 0.25) is 0 Å². The Kier molecular flexibility index (Phi) is 7.65. The van der Waals surface area contributed by atoms with Crippen molar-refractivity contribution in [1.29, 1.82) is 0 Å². The van der Waals surface area contributed by atoms with Gasteiger partial charge in [0.1, 0.15) is 5.78 Å². The van der Waals surface area contributed by atoms with Gasteiger partial charge >= 0.3 is 0 Å². The number of rotatable bonds is 4. The minimum atomic E-state index is 0.217. The molecule has 1 rings (SSSR count). The third kappa shape index (κ3) is 6.46. The Labute approximate surface area is 103 Å². The fraction of sp³-hybridized carbons (Fsp3) is 0.357. The van der Waals surface area contributed by atoms with Crippen LogP contribution >= 0.6 is 11.8 Å². The van der Waals surface area contributed by atoms with Crippen molar-refractivity contribution in [3.63, 3.8) is 0 Å². The van der Waals surface area contributed by atoms with Gasteiger partial charge in [0, 0.05) is 16.6 Å². The number of carbonyl (C=O) groups is 1. The maximum atomic E-state index is 10.9. The molecule has 0 bridgehead atoms. The molecule has 1 nitrogen and oxygen atoms in total. The van der Waals surface area contributed by atoms with Crippen molar-refractivity contribution in [3.8, 4) is 0 Å². The molecule has 2 heteroatoms. The molecule has 0 amide bonds. The maximum absolute atomic E-state index is 10.9. The Morgan fingerprint density at radius 1 is 1.25 bits per heavy atom. The van der Waals surface area contributed by atoms with Crippen LogP contribution in [0.1, 0.15) is 26.3 Å². The zero-order valence-corrected chi connectivity index (χ0v) is 11.1. The van der Waals surface area contributed by atoms with E-state index >= 15 is 0 Å². The van der Waals surface area contributed by atoms with E-state index in [0.29, 0.717) is 11.7 Å². The second kappa shape index (κ2) is 8.17. The fourth-order valence-corrected chi connectivity index (χ4v) is 2.08. The predicted molar refractivity (Wildman–Crippen MR) is 73.1 cm³/mol. The van der Waals surface area contributed by atoms with Gasteiger partial charge in [0.25, 0.3) is 0 Å². The van der Waals surface area contributed by atoms with E-state index < -0.39 is 0 Å². The summed E-state index contributed by atoms with van der Waals surface area (Å²) in [5, 5.41) is 0.605. The second-order valence-electron chi connectivity index (χ2n) is 3.69. The third-order valence-corrected chi connectivity index (χ3v) is 2.76. The monoisotopic (exact) mass is 236 g/mol. The summed E-state index contributed by atoms with van der Waals surface area (Å²) in [7, 11) is 0. The molecule has 0 aliphatic rings. The summed E-state index contributed by atoms with van der Waals surface area (Å²) >= 11 is 1.84. The average Bonchev–Trinajstić information content (AvgIpc) is 2.22. The lowest BCUT2D eigenvalue weighted by Gasteiger charge is -2.05. The zero-order valence-electron chi connectivity index (χ0n) is 10.3. The van der Waals surface area contributed by atoms with Crippen LogP contribution in [0.2, 0.25) is 0 Å². The molecule has 0 saturated carbocycles. The van der Waals surface area contributed by atoms with Crippen molar-refractivity contribution in [2.24, 2.45) is 0 Å². The summed E-state index contributed by atoms with van der Waals surface area (Å²) in [5.41, 5.74) is 1.10. The predicted octanol–water partition coefficient (Wildman–Crippen LogP) is 4.12. The van der Waals surface area contributed by atoms with Crippen LogP contribution in [0.3, 0.4) is 0 Å². The maximum Gasteiger partial charge on any atom is 0.134 e. The Morgan fingerprint density at radius 3 is 2.12 bits per heavy atom. The summed E-state index contributed by atoms with van der Waals surface area (Å²) in [6, 6.07) is 8.24. The average molecular weight is 236 g/mol. The fourth-order valence-electron chi connectivity index (χ4n) is 1.25. The van der Waals surface area contributed by atoms with Gasteiger partial charge in [0.05, 0.1) is 0 Å². The molecule has 16 heavy (non-hydrogen) atoms. The van der Waals surface area contributed by atoms with Crippen molar-refractivity contribution >= 4 is 17.5 Å². The summed E-state index contributed by atoms with van der Waals surface area (Å²) in [6.07, 6.45) is 0.548. The number of benzene rings is 1. The topological polar surface area (TPSA) is 17.1 Å². The SMILES string of the molecule is C=C.CC(=O)Cc1ccc(SC(C)C)cc1. The van der Waals surface area contributed by atoms with Gasteiger partial charge in [-0.2, -0.15) is 0 Å². The minimum Gasteiger partial charge on any atom is -0.300 e. The largest absolute Gasteiger partial charge is 0.300 e. The number of thioether (sulfide) groups is 1. The van der Waals surface area contributed by atoms with Crippen LogP contribution < -0.4 is 0 Å². The molecule has 0 spiro atoms. The molecule has 0 fully saturated rings. The van der Waals surface area contributed by atoms with E-state index in [0.717, 1.165) is 5.56 Å². The first-order valence-corrected chi connectivity index (χ1v) is 6.21. The minimum absolute atomic E-state index is 0.217. The first kappa shape index (κ1) is 15.0. The Morgan fingerprint density at radius 2 is 1.75 bits per heavy atom. The molecular weight excluding hydrogens is 216 g/mol. The quantitative estimate of drug-likeness (QED) is 0.578. The summed E-state index contributed by atoms with van der Waals surface area (Å²) in [6.45, 7) is 12.0. The Bertz CT molecular complexity index is 314. The molecule has 0 aromatic heterocycles. The van der Waals surface area contributed by atoms with E-state index in [1.165, 1.54) is 4.90 Å². The molecule has 0 radical (unpaired) electrons. The highest BCUT2D eigenvalue weighted by molar-refractivity contribution is 7.99. The summed E-state index contributed by atoms with van der Waals surface area (Å²) < 4.78 is 0. The molecule has 0 aliphatic heterocycles. The summed E-state index contributed by atoms with van der Waals surface area (Å²) in [5.74, 6) is 0.217. The lowest BCUT2D eigenvalue weighted by atomic mass is 10.1. The molecule has 1 aromatic carbocycles. The van der Waals surface area contributed by atoms with Crippen molar-refractivity contribution in [2.75, 3.05) is 0 Å². The smallest absolute Gasteiger partial charge is 0.134 e. The highest BCUT2D eigenvalue weighted by Crippen LogP contribution is 2.22. The zero-order chi connectivity index (χ0) is 12.6. The number of Topliss-reactive ketones (excluding diaryl/α,β-unsaturated/α-hetero) is 1. The second-order valence-corrected chi connectivity index (χ2v) is 5.34. The Hall–Kier alpha value is -1.02. The first-order chi connectivity index (χ1) is 7.58. The van der Waals surface area contributed by atoms with Gasteiger partial charge in [0.15, 0.2) is 0 Å². The van der Waals surface area contributed by atoms with E-state index in [9.17, 15) is 4.79 Å². The van der Waals surface area contributed by atoms with Crippen LogP contribution in [-0.2, 0) is 11.2 Å². The van der Waals surface area contributed by atoms with E-state index in [-0.39, 0.29) is 5.78 Å². The van der Waals surface area contributed by atoms with Gasteiger partial charge in [-0.05, 0) is 24.6 Å². The lowest BCUT2D eigenvalue weighted by molar-refractivity contribution is -0.116. The summed E-state index contributed by atoms with van der Waals surface area (Å²) in [4.78, 5) is 12.1. The number of ketones is 1. The van der Waals surface area contributed by atoms with Crippen LogP contribution in [0.5, 0.6) is 0 Å². The van der Waals surface area contributed by atoms with E-state index in [2.05, 4.69) is 39.1 Å². The molecule has 1 aromatic rings. The van der Waals surface area contributed by atoms with Crippen LogP contribution in [0.4, 0.5) is 0 Å². The van der Waals surface area contributed by atoms with Crippen LogP contribution in [0.15, 0.2) is 42.3 Å². The van der Waals surface area contributed by atoms with E-state index in [1.54, 1.807) is 6.92 Å². The molecule has 0 unspecified atom stereocenters. The lowest BCUT2D eigenvalue weighted by Crippen LogP contribution is -1.95. The van der Waals surface area contributed by atoms with Crippen molar-refractivity contribution in [3.05, 3.63) is 43.0 Å². The highest BCUT2D eigenvalue weighted by atomic mass is 32.2. The molecular formula is C14H20OS. The van der Waals surface area contributed by atoms with Crippen molar-refractivity contribution in [2.45, 2.75) is 37.3 Å². The van der Waals surface area contributed by atoms with Gasteiger partial charge in [-0.1, -0.05) is 26.0 Å². The number of hydrogen-bond donors (Lipinski definition) is 0. The van der Waals surface area contributed by atoms with Gasteiger partial charge in [-0.15, -0.1) is 24.9 Å². The van der Waals surface area contributed by atoms with Gasteiger partial charge in [-0.3, -0.25) is 4.79 Å². The first-order valence-electron chi connectivity index (χ1n) is 5.33. The molecule has 88 valence electrons. The van der Waals surface area contributed by atoms with Gasteiger partial charge in [-0.25, -0.2) is 0 Å². The van der Waals surface area contributed by atoms with Crippen LogP contribution in [0, 0.1) is 0 Å². The van der Waals surface area contributed by atoms with Crippen molar-refractivity contribution in [1.82, 2.24) is 0 Å². The van der Waals surface area contributed by atoms with Crippen molar-refractivity contribution < 1.29 is 4.79 Å².